The predicted octanol–water partition coefficient (Wildman–Crippen LogP) is 6.14. The molecule has 0 aliphatic heterocycles. The molecule has 0 spiro atoms. The number of carbonyl (C=O) groups is 1. The Kier molecular flexibility index (Phi) is 7.91. The van der Waals surface area contributed by atoms with Gasteiger partial charge < -0.3 is 5.32 Å². The van der Waals surface area contributed by atoms with Crippen LogP contribution in [0.3, 0.4) is 0 Å². The van der Waals surface area contributed by atoms with Crippen molar-refractivity contribution in [1.82, 2.24) is 15.1 Å². The Balaban J connectivity index is 2.01. The lowest BCUT2D eigenvalue weighted by Crippen LogP contribution is -2.29. The largest absolute Gasteiger partial charge is 0.436 e. The number of hydrogen-bond acceptors (Lipinski definition) is 2. The van der Waals surface area contributed by atoms with Crippen LogP contribution in [0.4, 0.5) is 13.2 Å². The van der Waals surface area contributed by atoms with Crippen LogP contribution in [0.15, 0.2) is 28.7 Å². The molecular weight excluding hydrogens is 447 g/mol. The van der Waals surface area contributed by atoms with Crippen LogP contribution in [0.1, 0.15) is 74.5 Å². The second-order valence-electron chi connectivity index (χ2n) is 7.22. The quantitative estimate of drug-likeness (QED) is 0.500. The molecule has 1 aromatic carbocycles. The molecule has 2 atom stereocenters. The van der Waals surface area contributed by atoms with Gasteiger partial charge in [0.05, 0.1) is 22.8 Å². The standard InChI is InChI=1S/C21H27BrF3N3O/c1-5-13(3)15-7-9-16(10-8-15)17(6-2)26-18(29)11-12-28-14(4)19(22)20(27-28)21(23,24)25/h7-10,13,17H,5-6,11-12H2,1-4H3,(H,26,29). The summed E-state index contributed by atoms with van der Waals surface area (Å²) in [4.78, 5) is 12.4. The van der Waals surface area contributed by atoms with E-state index in [-0.39, 0.29) is 29.4 Å². The van der Waals surface area contributed by atoms with Crippen molar-refractivity contribution >= 4 is 21.8 Å². The monoisotopic (exact) mass is 473 g/mol. The number of carbonyl (C=O) groups excluding carboxylic acids is 1. The van der Waals surface area contributed by atoms with Gasteiger partial charge in [0.1, 0.15) is 0 Å². The molecule has 0 bridgehead atoms. The van der Waals surface area contributed by atoms with Crippen molar-refractivity contribution in [1.29, 1.82) is 0 Å². The molecule has 1 aromatic heterocycles. The Morgan fingerprint density at radius 2 is 1.76 bits per heavy atom. The van der Waals surface area contributed by atoms with Crippen molar-refractivity contribution in [2.45, 2.75) is 71.6 Å². The average molecular weight is 474 g/mol. The number of aromatic nitrogens is 2. The van der Waals surface area contributed by atoms with E-state index in [0.29, 0.717) is 11.6 Å². The maximum atomic E-state index is 13.0. The summed E-state index contributed by atoms with van der Waals surface area (Å²) in [5.74, 6) is 0.263. The topological polar surface area (TPSA) is 46.9 Å². The number of nitrogens with zero attached hydrogens (tertiary/aromatic N) is 2. The number of rotatable bonds is 8. The zero-order chi connectivity index (χ0) is 21.8. The molecule has 1 amide bonds. The number of hydrogen-bond donors (Lipinski definition) is 1. The predicted molar refractivity (Wildman–Crippen MR) is 111 cm³/mol. The maximum absolute atomic E-state index is 13.0. The van der Waals surface area contributed by atoms with Gasteiger partial charge in [0.2, 0.25) is 5.91 Å². The van der Waals surface area contributed by atoms with E-state index in [1.807, 2.05) is 19.1 Å². The van der Waals surface area contributed by atoms with E-state index in [2.05, 4.69) is 52.3 Å². The number of aryl methyl sites for hydroxylation is 1. The molecule has 8 heteroatoms. The van der Waals surface area contributed by atoms with Crippen LogP contribution in [0.25, 0.3) is 0 Å². The van der Waals surface area contributed by atoms with Crippen LogP contribution in [-0.4, -0.2) is 15.7 Å². The lowest BCUT2D eigenvalue weighted by atomic mass is 9.95. The van der Waals surface area contributed by atoms with Gasteiger partial charge in [0.15, 0.2) is 5.69 Å². The molecule has 2 rings (SSSR count). The van der Waals surface area contributed by atoms with Crippen LogP contribution in [0.2, 0.25) is 0 Å². The summed E-state index contributed by atoms with van der Waals surface area (Å²) < 4.78 is 40.0. The number of amides is 1. The third-order valence-electron chi connectivity index (χ3n) is 5.22. The molecule has 0 fully saturated rings. The minimum Gasteiger partial charge on any atom is -0.349 e. The van der Waals surface area contributed by atoms with Gasteiger partial charge in [0.25, 0.3) is 0 Å². The highest BCUT2D eigenvalue weighted by Gasteiger charge is 2.37. The number of halogens is 4. The molecule has 0 radical (unpaired) electrons. The molecule has 1 heterocycles. The van der Waals surface area contributed by atoms with E-state index < -0.39 is 11.9 Å². The summed E-state index contributed by atoms with van der Waals surface area (Å²) in [7, 11) is 0. The fraction of sp³-hybridized carbons (Fsp3) is 0.524. The minimum absolute atomic E-state index is 0.0493. The lowest BCUT2D eigenvalue weighted by molar-refractivity contribution is -0.142. The molecule has 0 saturated heterocycles. The van der Waals surface area contributed by atoms with Gasteiger partial charge in [-0.3, -0.25) is 9.48 Å². The molecule has 0 aliphatic rings. The zero-order valence-corrected chi connectivity index (χ0v) is 18.7. The molecule has 2 unspecified atom stereocenters. The summed E-state index contributed by atoms with van der Waals surface area (Å²) in [6.45, 7) is 7.92. The number of alkyl halides is 3. The first-order valence-electron chi connectivity index (χ1n) is 9.77. The summed E-state index contributed by atoms with van der Waals surface area (Å²) in [6.07, 6.45) is -2.70. The van der Waals surface area contributed by atoms with E-state index in [9.17, 15) is 18.0 Å². The van der Waals surface area contributed by atoms with Crippen molar-refractivity contribution in [2.75, 3.05) is 0 Å². The second-order valence-corrected chi connectivity index (χ2v) is 8.02. The molecule has 2 aromatic rings. The van der Waals surface area contributed by atoms with Crippen LogP contribution < -0.4 is 5.32 Å². The third kappa shape index (κ3) is 5.84. The number of benzene rings is 1. The fourth-order valence-electron chi connectivity index (χ4n) is 3.11. The first kappa shape index (κ1) is 23.4. The van der Waals surface area contributed by atoms with Crippen molar-refractivity contribution in [3.8, 4) is 0 Å². The minimum atomic E-state index is -4.54. The second kappa shape index (κ2) is 9.78. The highest BCUT2D eigenvalue weighted by Crippen LogP contribution is 2.35. The summed E-state index contributed by atoms with van der Waals surface area (Å²) in [6, 6.07) is 8.09. The SMILES string of the molecule is CCC(C)c1ccc(C(CC)NC(=O)CCn2nc(C(F)(F)F)c(Br)c2C)cc1. The van der Waals surface area contributed by atoms with Gasteiger partial charge in [-0.2, -0.15) is 18.3 Å². The van der Waals surface area contributed by atoms with Crippen molar-refractivity contribution < 1.29 is 18.0 Å². The molecule has 29 heavy (non-hydrogen) atoms. The van der Waals surface area contributed by atoms with Crippen molar-refractivity contribution in [3.63, 3.8) is 0 Å². The Bertz CT molecular complexity index is 831. The summed E-state index contributed by atoms with van der Waals surface area (Å²) in [5.41, 5.74) is 1.66. The summed E-state index contributed by atoms with van der Waals surface area (Å²) in [5, 5.41) is 6.58. The maximum Gasteiger partial charge on any atom is 0.436 e. The summed E-state index contributed by atoms with van der Waals surface area (Å²) >= 11 is 2.94. The molecule has 1 N–H and O–H groups in total. The van der Waals surface area contributed by atoms with Crippen LogP contribution >= 0.6 is 15.9 Å². The van der Waals surface area contributed by atoms with Gasteiger partial charge in [-0.25, -0.2) is 0 Å². The first-order chi connectivity index (χ1) is 13.6. The Hall–Kier alpha value is -1.83. The van der Waals surface area contributed by atoms with Gasteiger partial charge in [-0.15, -0.1) is 0 Å². The van der Waals surface area contributed by atoms with Gasteiger partial charge in [0, 0.05) is 6.42 Å². The Morgan fingerprint density at radius 3 is 2.24 bits per heavy atom. The molecule has 0 aliphatic carbocycles. The van der Waals surface area contributed by atoms with Gasteiger partial charge in [-0.1, -0.05) is 45.0 Å². The smallest absolute Gasteiger partial charge is 0.349 e. The number of nitrogens with one attached hydrogen (secondary N) is 1. The van der Waals surface area contributed by atoms with Crippen molar-refractivity contribution in [3.05, 3.63) is 51.3 Å². The first-order valence-corrected chi connectivity index (χ1v) is 10.6. The molecule has 4 nitrogen and oxygen atoms in total. The van der Waals surface area contributed by atoms with Crippen LogP contribution in [0, 0.1) is 6.92 Å². The highest BCUT2D eigenvalue weighted by molar-refractivity contribution is 9.10. The Morgan fingerprint density at radius 1 is 1.17 bits per heavy atom. The van der Waals surface area contributed by atoms with Crippen molar-refractivity contribution in [2.24, 2.45) is 0 Å². The normalized spacial score (nSPS) is 13.9. The van der Waals surface area contributed by atoms with E-state index in [1.165, 1.54) is 17.2 Å². The van der Waals surface area contributed by atoms with Crippen LogP contribution in [0.5, 0.6) is 0 Å². The molecular formula is C21H27BrF3N3O. The van der Waals surface area contributed by atoms with Crippen LogP contribution in [-0.2, 0) is 17.5 Å². The van der Waals surface area contributed by atoms with E-state index >= 15 is 0 Å². The zero-order valence-electron chi connectivity index (χ0n) is 17.1. The fourth-order valence-corrected chi connectivity index (χ4v) is 3.62. The molecule has 160 valence electrons. The van der Waals surface area contributed by atoms with Gasteiger partial charge >= 0.3 is 6.18 Å². The lowest BCUT2D eigenvalue weighted by Gasteiger charge is -2.19. The van der Waals surface area contributed by atoms with E-state index in [4.69, 9.17) is 0 Å². The third-order valence-corrected chi connectivity index (χ3v) is 6.17. The van der Waals surface area contributed by atoms with E-state index in [1.54, 1.807) is 0 Å². The van der Waals surface area contributed by atoms with Gasteiger partial charge in [-0.05, 0) is 52.7 Å². The highest BCUT2D eigenvalue weighted by atomic mass is 79.9. The average Bonchev–Trinajstić information content (AvgIpc) is 2.98. The van der Waals surface area contributed by atoms with E-state index in [0.717, 1.165) is 18.4 Å². The molecule has 0 saturated carbocycles. The Labute approximate surface area is 178 Å².